The molecule has 36 heavy (non-hydrogen) atoms. The Hall–Kier alpha value is -4.73. The molecule has 0 atom stereocenters. The maximum absolute atomic E-state index is 12.3. The van der Waals surface area contributed by atoms with Crippen LogP contribution in [0.3, 0.4) is 0 Å². The highest BCUT2D eigenvalue weighted by molar-refractivity contribution is 5.95. The number of amides is 2. The van der Waals surface area contributed by atoms with Crippen molar-refractivity contribution >= 4 is 11.8 Å². The van der Waals surface area contributed by atoms with Gasteiger partial charge in [0.15, 0.2) is 0 Å². The minimum atomic E-state index is -0.408. The average molecular weight is 487 g/mol. The van der Waals surface area contributed by atoms with E-state index in [1.165, 1.54) is 4.80 Å². The Balaban J connectivity index is 1.17. The molecular formula is C26H26N6O4. The van der Waals surface area contributed by atoms with Crippen molar-refractivity contribution in [3.05, 3.63) is 90.0 Å². The van der Waals surface area contributed by atoms with Crippen molar-refractivity contribution in [3.63, 3.8) is 0 Å². The molecule has 4 aromatic rings. The number of benzene rings is 3. The lowest BCUT2D eigenvalue weighted by Gasteiger charge is -2.09. The van der Waals surface area contributed by atoms with Crippen LogP contribution >= 0.6 is 0 Å². The summed E-state index contributed by atoms with van der Waals surface area (Å²) < 4.78 is 10.7. The molecule has 2 N–H and O–H groups in total. The molecule has 10 nitrogen and oxygen atoms in total. The van der Waals surface area contributed by atoms with Gasteiger partial charge in [-0.15, -0.1) is 10.2 Å². The van der Waals surface area contributed by atoms with Crippen LogP contribution in [0.1, 0.15) is 28.8 Å². The smallest absolute Gasteiger partial charge is 0.269 e. The predicted octanol–water partition coefficient (Wildman–Crippen LogP) is 3.02. The Bertz CT molecular complexity index is 1270. The van der Waals surface area contributed by atoms with Crippen LogP contribution in [0.15, 0.2) is 78.9 Å². The second kappa shape index (κ2) is 12.1. The predicted molar refractivity (Wildman–Crippen MR) is 132 cm³/mol. The van der Waals surface area contributed by atoms with Crippen LogP contribution in [0.2, 0.25) is 0 Å². The van der Waals surface area contributed by atoms with E-state index in [1.54, 1.807) is 55.6 Å². The Labute approximate surface area is 208 Å². The van der Waals surface area contributed by atoms with E-state index >= 15 is 0 Å². The van der Waals surface area contributed by atoms with Crippen LogP contribution in [-0.2, 0) is 11.3 Å². The molecular weight excluding hydrogens is 460 g/mol. The summed E-state index contributed by atoms with van der Waals surface area (Å²) in [5, 5.41) is 12.6. The fraction of sp³-hybridized carbons (Fsp3) is 0.192. The number of carbonyl (C=O) groups excluding carboxylic acids is 2. The number of rotatable bonds is 10. The largest absolute Gasteiger partial charge is 0.497 e. The molecule has 1 aromatic heterocycles. The van der Waals surface area contributed by atoms with Crippen LogP contribution < -0.4 is 20.3 Å². The average Bonchev–Trinajstić information content (AvgIpc) is 3.39. The number of tetrazole rings is 1. The molecule has 1 heterocycles. The molecule has 0 spiro atoms. The highest BCUT2D eigenvalue weighted by Gasteiger charge is 2.09. The fourth-order valence-electron chi connectivity index (χ4n) is 3.29. The second-order valence-electron chi connectivity index (χ2n) is 7.84. The van der Waals surface area contributed by atoms with Crippen molar-refractivity contribution in [2.24, 2.45) is 0 Å². The fourth-order valence-corrected chi connectivity index (χ4v) is 3.29. The van der Waals surface area contributed by atoms with Crippen molar-refractivity contribution in [1.29, 1.82) is 0 Å². The third-order valence-electron chi connectivity index (χ3n) is 5.22. The third-order valence-corrected chi connectivity index (χ3v) is 5.22. The zero-order valence-electron chi connectivity index (χ0n) is 19.8. The van der Waals surface area contributed by atoms with Gasteiger partial charge in [0, 0.05) is 17.5 Å². The number of nitrogens with zero attached hydrogens (tertiary/aromatic N) is 4. The quantitative estimate of drug-likeness (QED) is 0.261. The summed E-state index contributed by atoms with van der Waals surface area (Å²) in [6, 6.07) is 23.8. The second-order valence-corrected chi connectivity index (χ2v) is 7.84. The molecule has 0 unspecified atom stereocenters. The van der Waals surface area contributed by atoms with E-state index in [1.807, 2.05) is 30.3 Å². The minimum Gasteiger partial charge on any atom is -0.497 e. The molecule has 0 aliphatic carbocycles. The first kappa shape index (κ1) is 24.4. The molecule has 0 aliphatic rings. The van der Waals surface area contributed by atoms with Gasteiger partial charge in [-0.1, -0.05) is 42.5 Å². The van der Waals surface area contributed by atoms with E-state index in [4.69, 9.17) is 9.47 Å². The topological polar surface area (TPSA) is 120 Å². The first-order valence-electron chi connectivity index (χ1n) is 11.4. The number of hydrazine groups is 1. The van der Waals surface area contributed by atoms with Gasteiger partial charge in [0.25, 0.3) is 5.91 Å². The highest BCUT2D eigenvalue weighted by Crippen LogP contribution is 2.17. The minimum absolute atomic E-state index is 0.214. The maximum atomic E-state index is 12.3. The summed E-state index contributed by atoms with van der Waals surface area (Å²) in [5.74, 6) is 1.29. The van der Waals surface area contributed by atoms with E-state index < -0.39 is 5.91 Å². The number of aromatic nitrogens is 4. The first-order valence-corrected chi connectivity index (χ1v) is 11.4. The number of methoxy groups -OCH3 is 1. The molecule has 10 heteroatoms. The van der Waals surface area contributed by atoms with E-state index in [9.17, 15) is 9.59 Å². The Morgan fingerprint density at radius 2 is 1.61 bits per heavy atom. The number of carbonyl (C=O) groups is 2. The van der Waals surface area contributed by atoms with Gasteiger partial charge in [-0.05, 0) is 53.6 Å². The van der Waals surface area contributed by atoms with Gasteiger partial charge in [-0.2, -0.15) is 4.80 Å². The molecule has 0 aliphatic heterocycles. The Morgan fingerprint density at radius 1 is 0.889 bits per heavy atom. The van der Waals surface area contributed by atoms with Crippen molar-refractivity contribution in [2.45, 2.75) is 19.4 Å². The molecule has 0 bridgehead atoms. The molecule has 184 valence electrons. The van der Waals surface area contributed by atoms with Gasteiger partial charge in [0.2, 0.25) is 11.7 Å². The SMILES string of the molecule is COc1ccc(OCCCC(=O)NNC(=O)c2ccc(Cn3nnc(-c4ccccc4)n3)cc2)cc1. The third kappa shape index (κ3) is 6.89. The van der Waals surface area contributed by atoms with Crippen LogP contribution in [0.4, 0.5) is 0 Å². The van der Waals surface area contributed by atoms with Crippen LogP contribution in [-0.4, -0.2) is 45.7 Å². The molecule has 2 amide bonds. The molecule has 0 saturated heterocycles. The molecule has 0 fully saturated rings. The number of hydrogen-bond donors (Lipinski definition) is 2. The summed E-state index contributed by atoms with van der Waals surface area (Å²) in [6.07, 6.45) is 0.718. The summed E-state index contributed by atoms with van der Waals surface area (Å²) in [6.45, 7) is 0.791. The molecule has 0 saturated carbocycles. The van der Waals surface area contributed by atoms with Crippen LogP contribution in [0.5, 0.6) is 11.5 Å². The lowest BCUT2D eigenvalue weighted by molar-refractivity contribution is -0.122. The monoisotopic (exact) mass is 486 g/mol. The van der Waals surface area contributed by atoms with E-state index in [-0.39, 0.29) is 12.3 Å². The van der Waals surface area contributed by atoms with Crippen LogP contribution in [0.25, 0.3) is 11.4 Å². The van der Waals surface area contributed by atoms with Crippen molar-refractivity contribution in [1.82, 2.24) is 31.1 Å². The van der Waals surface area contributed by atoms with Crippen molar-refractivity contribution in [2.75, 3.05) is 13.7 Å². The van der Waals surface area contributed by atoms with Gasteiger partial charge in [0.05, 0.1) is 20.3 Å². The number of hydrogen-bond acceptors (Lipinski definition) is 7. The number of nitrogens with one attached hydrogen (secondary N) is 2. The van der Waals surface area contributed by atoms with E-state index in [0.717, 1.165) is 16.9 Å². The molecule has 4 rings (SSSR count). The standard InChI is InChI=1S/C26H26N6O4/c1-35-22-13-15-23(16-14-22)36-17-5-8-24(33)27-29-26(34)21-11-9-19(10-12-21)18-32-30-25(28-31-32)20-6-3-2-4-7-20/h2-4,6-7,9-16H,5,8,17-18H2,1H3,(H,27,33)(H,29,34). The van der Waals surface area contributed by atoms with E-state index in [0.29, 0.717) is 36.7 Å². The van der Waals surface area contributed by atoms with Crippen molar-refractivity contribution in [3.8, 4) is 22.9 Å². The zero-order valence-corrected chi connectivity index (χ0v) is 19.8. The van der Waals surface area contributed by atoms with Gasteiger partial charge >= 0.3 is 0 Å². The van der Waals surface area contributed by atoms with Gasteiger partial charge in [0.1, 0.15) is 11.5 Å². The lowest BCUT2D eigenvalue weighted by atomic mass is 10.1. The summed E-state index contributed by atoms with van der Waals surface area (Å²) in [5.41, 5.74) is 7.07. The summed E-state index contributed by atoms with van der Waals surface area (Å²) in [7, 11) is 1.60. The summed E-state index contributed by atoms with van der Waals surface area (Å²) >= 11 is 0. The highest BCUT2D eigenvalue weighted by atomic mass is 16.5. The molecule has 0 radical (unpaired) electrons. The normalized spacial score (nSPS) is 10.5. The Kier molecular flexibility index (Phi) is 8.21. The van der Waals surface area contributed by atoms with Gasteiger partial charge in [-0.3, -0.25) is 20.4 Å². The van der Waals surface area contributed by atoms with Gasteiger partial charge < -0.3 is 9.47 Å². The van der Waals surface area contributed by atoms with Crippen LogP contribution in [0, 0.1) is 0 Å². The van der Waals surface area contributed by atoms with E-state index in [2.05, 4.69) is 26.3 Å². The number of ether oxygens (including phenoxy) is 2. The maximum Gasteiger partial charge on any atom is 0.269 e. The first-order chi connectivity index (χ1) is 17.6. The Morgan fingerprint density at radius 3 is 2.33 bits per heavy atom. The molecule has 3 aromatic carbocycles. The zero-order chi connectivity index (χ0) is 25.2. The summed E-state index contributed by atoms with van der Waals surface area (Å²) in [4.78, 5) is 25.9. The van der Waals surface area contributed by atoms with Gasteiger partial charge in [-0.25, -0.2) is 0 Å². The van der Waals surface area contributed by atoms with Crippen molar-refractivity contribution < 1.29 is 19.1 Å². The lowest BCUT2D eigenvalue weighted by Crippen LogP contribution is -2.41.